The van der Waals surface area contributed by atoms with E-state index in [1.807, 2.05) is 6.07 Å². The minimum Gasteiger partial charge on any atom is -0.485 e. The second-order valence-corrected chi connectivity index (χ2v) is 5.37. The van der Waals surface area contributed by atoms with Crippen LogP contribution in [0.25, 0.3) is 0 Å². The molecule has 0 fully saturated rings. The topological polar surface area (TPSA) is 9.23 Å². The van der Waals surface area contributed by atoms with Crippen molar-refractivity contribution in [2.45, 2.75) is 12.0 Å². The second-order valence-electron chi connectivity index (χ2n) is 3.22. The summed E-state index contributed by atoms with van der Waals surface area (Å²) in [7, 11) is 0. The Kier molecular flexibility index (Phi) is 1.75. The lowest BCUT2D eigenvalue weighted by Gasteiger charge is -2.13. The number of fused-ring (bicyclic) bond motifs is 3. The van der Waals surface area contributed by atoms with E-state index in [0.717, 1.165) is 5.75 Å². The molecule has 0 aliphatic carbocycles. The van der Waals surface area contributed by atoms with Gasteiger partial charge in [0, 0.05) is 5.56 Å². The molecule has 0 N–H and O–H groups in total. The standard InChI is InChI=1S/C11H9IO/c1-2-4-10-8(3-1)9-7-12-6-5-11(9)13-10/h1-7,9,11H. The van der Waals surface area contributed by atoms with Gasteiger partial charge in [0.15, 0.2) is 0 Å². The van der Waals surface area contributed by atoms with E-state index >= 15 is 0 Å². The van der Waals surface area contributed by atoms with Crippen LogP contribution < -0.4 is 4.74 Å². The summed E-state index contributed by atoms with van der Waals surface area (Å²) in [5, 5.41) is 0. The van der Waals surface area contributed by atoms with Gasteiger partial charge in [0.1, 0.15) is 11.9 Å². The van der Waals surface area contributed by atoms with Crippen LogP contribution in [0.5, 0.6) is 5.75 Å². The summed E-state index contributed by atoms with van der Waals surface area (Å²) in [5.41, 5.74) is 1.37. The molecule has 2 unspecified atom stereocenters. The first-order chi connectivity index (χ1) is 6.45. The van der Waals surface area contributed by atoms with Crippen molar-refractivity contribution in [1.29, 1.82) is 0 Å². The van der Waals surface area contributed by atoms with Gasteiger partial charge >= 0.3 is 0 Å². The molecule has 3 rings (SSSR count). The maximum absolute atomic E-state index is 5.81. The van der Waals surface area contributed by atoms with E-state index < -0.39 is 0 Å². The molecule has 1 aromatic carbocycles. The lowest BCUT2D eigenvalue weighted by atomic mass is 9.98. The number of ether oxygens (including phenoxy) is 1. The van der Waals surface area contributed by atoms with E-state index in [9.17, 15) is 0 Å². The molecule has 2 heteroatoms. The fourth-order valence-corrected chi connectivity index (χ4v) is 3.93. The maximum atomic E-state index is 5.81. The second kappa shape index (κ2) is 2.94. The molecule has 0 saturated carbocycles. The van der Waals surface area contributed by atoms with Crippen LogP contribution in [0.2, 0.25) is 0 Å². The molecule has 0 aromatic heterocycles. The summed E-state index contributed by atoms with van der Waals surface area (Å²) in [5.74, 6) is 1.61. The fourth-order valence-electron chi connectivity index (χ4n) is 1.79. The average Bonchev–Trinajstić information content (AvgIpc) is 2.56. The summed E-state index contributed by atoms with van der Waals surface area (Å²) in [6.07, 6.45) is 2.50. The smallest absolute Gasteiger partial charge is 0.128 e. The Hall–Kier alpha value is -0.640. The van der Waals surface area contributed by atoms with Gasteiger partial charge in [0.05, 0.1) is 5.92 Å². The highest BCUT2D eigenvalue weighted by atomic mass is 127. The highest BCUT2D eigenvalue weighted by Crippen LogP contribution is 2.40. The van der Waals surface area contributed by atoms with E-state index in [0.29, 0.717) is 5.92 Å². The lowest BCUT2D eigenvalue weighted by Crippen LogP contribution is -2.17. The van der Waals surface area contributed by atoms with Crippen LogP contribution in [-0.4, -0.2) is 10.1 Å². The van der Waals surface area contributed by atoms with Gasteiger partial charge in [0.2, 0.25) is 0 Å². The van der Waals surface area contributed by atoms with Crippen LogP contribution >= 0.6 is 20.7 Å². The predicted octanol–water partition coefficient (Wildman–Crippen LogP) is 2.83. The summed E-state index contributed by atoms with van der Waals surface area (Å²) >= 11 is 0.169. The molecule has 2 aliphatic rings. The monoisotopic (exact) mass is 284 g/mol. The number of halogens is 1. The molecular formula is C11H9IO. The molecular weight excluding hydrogens is 275 g/mol. The van der Waals surface area contributed by atoms with Crippen LogP contribution in [0.4, 0.5) is 0 Å². The van der Waals surface area contributed by atoms with Gasteiger partial charge in [-0.1, -0.05) is 38.9 Å². The van der Waals surface area contributed by atoms with E-state index in [4.69, 9.17) is 4.74 Å². The Morgan fingerprint density at radius 2 is 2.15 bits per heavy atom. The number of para-hydroxylation sites is 1. The average molecular weight is 284 g/mol. The van der Waals surface area contributed by atoms with Crippen molar-refractivity contribution in [3.8, 4) is 5.75 Å². The molecule has 66 valence electrons. The Morgan fingerprint density at radius 1 is 1.23 bits per heavy atom. The largest absolute Gasteiger partial charge is 0.485 e. The van der Waals surface area contributed by atoms with E-state index in [1.54, 1.807) is 0 Å². The molecule has 0 radical (unpaired) electrons. The molecule has 0 saturated heterocycles. The third-order valence-corrected chi connectivity index (χ3v) is 4.46. The van der Waals surface area contributed by atoms with Crippen molar-refractivity contribution in [3.05, 3.63) is 40.0 Å². The van der Waals surface area contributed by atoms with Gasteiger partial charge in [-0.25, -0.2) is 0 Å². The third-order valence-electron chi connectivity index (χ3n) is 2.44. The molecule has 13 heavy (non-hydrogen) atoms. The number of hydrogen-bond donors (Lipinski definition) is 0. The molecule has 0 spiro atoms. The van der Waals surface area contributed by atoms with Crippen LogP contribution in [0.1, 0.15) is 11.5 Å². The SMILES string of the molecule is C1=CC2Oc3ccccc3C2C=I1. The summed E-state index contributed by atoms with van der Waals surface area (Å²) < 4.78 is 10.5. The van der Waals surface area contributed by atoms with Crippen LogP contribution in [0.3, 0.4) is 0 Å². The van der Waals surface area contributed by atoms with Crippen molar-refractivity contribution in [2.24, 2.45) is 0 Å². The quantitative estimate of drug-likeness (QED) is 0.666. The van der Waals surface area contributed by atoms with E-state index in [-0.39, 0.29) is 26.8 Å². The zero-order chi connectivity index (χ0) is 8.67. The Labute approximate surface area is 87.2 Å². The van der Waals surface area contributed by atoms with Crippen molar-refractivity contribution in [3.63, 3.8) is 0 Å². The van der Waals surface area contributed by atoms with Crippen LogP contribution in [0.15, 0.2) is 34.4 Å². The predicted molar refractivity (Wildman–Crippen MR) is 62.8 cm³/mol. The Morgan fingerprint density at radius 3 is 3.15 bits per heavy atom. The third kappa shape index (κ3) is 1.15. The van der Waals surface area contributed by atoms with Gasteiger partial charge in [-0.05, 0) is 20.2 Å². The first-order valence-electron chi connectivity index (χ1n) is 4.33. The molecule has 2 aliphatic heterocycles. The maximum Gasteiger partial charge on any atom is 0.128 e. The van der Waals surface area contributed by atoms with Gasteiger partial charge in [-0.2, -0.15) is 0 Å². The van der Waals surface area contributed by atoms with E-state index in [1.165, 1.54) is 5.56 Å². The number of rotatable bonds is 0. The van der Waals surface area contributed by atoms with Gasteiger partial charge in [-0.3, -0.25) is 0 Å². The zero-order valence-corrected chi connectivity index (χ0v) is 9.14. The summed E-state index contributed by atoms with van der Waals surface area (Å²) in [6.45, 7) is 0. The highest BCUT2D eigenvalue weighted by Gasteiger charge is 2.31. The summed E-state index contributed by atoms with van der Waals surface area (Å²) in [4.78, 5) is 0. The molecule has 1 nitrogen and oxygen atoms in total. The van der Waals surface area contributed by atoms with Crippen LogP contribution in [-0.2, 0) is 0 Å². The number of hydrogen-bond acceptors (Lipinski definition) is 1. The Bertz CT molecular complexity index is 395. The van der Waals surface area contributed by atoms with Crippen molar-refractivity contribution >= 4 is 24.7 Å². The van der Waals surface area contributed by atoms with Crippen molar-refractivity contribution in [1.82, 2.24) is 0 Å². The first kappa shape index (κ1) is 7.74. The lowest BCUT2D eigenvalue weighted by molar-refractivity contribution is 0.277. The first-order valence-corrected chi connectivity index (χ1v) is 6.82. The van der Waals surface area contributed by atoms with Gasteiger partial charge in [0.25, 0.3) is 0 Å². The minimum atomic E-state index is 0.169. The number of benzene rings is 1. The van der Waals surface area contributed by atoms with E-state index in [2.05, 4.69) is 32.4 Å². The molecule has 0 amide bonds. The Balaban J connectivity index is 2.12. The van der Waals surface area contributed by atoms with Crippen molar-refractivity contribution in [2.75, 3.05) is 0 Å². The molecule has 1 aromatic rings. The fraction of sp³-hybridized carbons (Fsp3) is 0.182. The van der Waals surface area contributed by atoms with Gasteiger partial charge in [-0.15, -0.1) is 0 Å². The molecule has 0 bridgehead atoms. The molecule has 2 atom stereocenters. The summed E-state index contributed by atoms with van der Waals surface area (Å²) in [6, 6.07) is 8.37. The van der Waals surface area contributed by atoms with Crippen molar-refractivity contribution < 1.29 is 4.74 Å². The normalized spacial score (nSPS) is 28.6. The van der Waals surface area contributed by atoms with Gasteiger partial charge < -0.3 is 4.74 Å². The molecule has 2 heterocycles. The zero-order valence-electron chi connectivity index (χ0n) is 6.98. The highest BCUT2D eigenvalue weighted by molar-refractivity contribution is 14.2. The minimum absolute atomic E-state index is 0.169. The van der Waals surface area contributed by atoms with Crippen LogP contribution in [0, 0.1) is 0 Å².